The number of alkyl halides is 3. The molecule has 5 nitrogen and oxygen atoms in total. The zero-order valence-electron chi connectivity index (χ0n) is 9.40. The van der Waals surface area contributed by atoms with Gasteiger partial charge in [-0.05, 0) is 24.3 Å². The molecule has 0 unspecified atom stereocenters. The molecule has 1 aromatic heterocycles. The number of hydrogen-bond donors (Lipinski definition) is 3. The summed E-state index contributed by atoms with van der Waals surface area (Å²) in [5, 5.41) is 20.7. The molecule has 102 valence electrons. The first-order valence-corrected chi connectivity index (χ1v) is 5.16. The van der Waals surface area contributed by atoms with E-state index in [4.69, 9.17) is 5.11 Å². The van der Waals surface area contributed by atoms with Crippen molar-refractivity contribution in [2.45, 2.75) is 12.8 Å². The van der Waals surface area contributed by atoms with E-state index in [2.05, 4.69) is 5.10 Å². The summed E-state index contributed by atoms with van der Waals surface area (Å²) in [6, 6.07) is 3.84. The SMILES string of the molecule is O=c1[nH]n(-c2ccc(C(F)(F)F)cc2)c(O)c1CO. The van der Waals surface area contributed by atoms with Crippen LogP contribution in [-0.2, 0) is 12.8 Å². The molecule has 0 aliphatic rings. The maximum absolute atomic E-state index is 12.4. The minimum atomic E-state index is -4.46. The lowest BCUT2D eigenvalue weighted by Crippen LogP contribution is -2.08. The summed E-state index contributed by atoms with van der Waals surface area (Å²) >= 11 is 0. The summed E-state index contributed by atoms with van der Waals surface area (Å²) < 4.78 is 38.0. The first kappa shape index (κ1) is 13.2. The molecule has 3 N–H and O–H groups in total. The van der Waals surface area contributed by atoms with Gasteiger partial charge in [-0.3, -0.25) is 9.89 Å². The van der Waals surface area contributed by atoms with Crippen LogP contribution in [0.2, 0.25) is 0 Å². The van der Waals surface area contributed by atoms with E-state index in [-0.39, 0.29) is 11.3 Å². The van der Waals surface area contributed by atoms with Crippen molar-refractivity contribution in [1.82, 2.24) is 9.78 Å². The van der Waals surface area contributed by atoms with Gasteiger partial charge in [0, 0.05) is 0 Å². The second kappa shape index (κ2) is 4.47. The summed E-state index contributed by atoms with van der Waals surface area (Å²) in [6.07, 6.45) is -4.46. The summed E-state index contributed by atoms with van der Waals surface area (Å²) in [5.41, 5.74) is -1.66. The van der Waals surface area contributed by atoms with Crippen LogP contribution >= 0.6 is 0 Å². The van der Waals surface area contributed by atoms with Crippen molar-refractivity contribution in [2.24, 2.45) is 0 Å². The molecular formula is C11H9F3N2O3. The Morgan fingerprint density at radius 2 is 1.79 bits per heavy atom. The highest BCUT2D eigenvalue weighted by Gasteiger charge is 2.30. The van der Waals surface area contributed by atoms with Gasteiger partial charge in [0.25, 0.3) is 5.56 Å². The van der Waals surface area contributed by atoms with Crippen LogP contribution in [0.1, 0.15) is 11.1 Å². The number of aromatic nitrogens is 2. The first-order chi connectivity index (χ1) is 8.84. The van der Waals surface area contributed by atoms with E-state index in [0.29, 0.717) is 0 Å². The van der Waals surface area contributed by atoms with E-state index in [0.717, 1.165) is 28.9 Å². The van der Waals surface area contributed by atoms with E-state index in [9.17, 15) is 23.1 Å². The lowest BCUT2D eigenvalue weighted by Gasteiger charge is -2.08. The number of rotatable bonds is 2. The van der Waals surface area contributed by atoms with Crippen LogP contribution in [0.3, 0.4) is 0 Å². The third kappa shape index (κ3) is 2.34. The first-order valence-electron chi connectivity index (χ1n) is 5.16. The van der Waals surface area contributed by atoms with Crippen LogP contribution in [-0.4, -0.2) is 20.0 Å². The van der Waals surface area contributed by atoms with Crippen molar-refractivity contribution in [3.8, 4) is 11.6 Å². The zero-order chi connectivity index (χ0) is 14.2. The Labute approximate surface area is 104 Å². The molecule has 0 bridgehead atoms. The van der Waals surface area contributed by atoms with E-state index in [1.807, 2.05) is 0 Å². The molecule has 1 aromatic carbocycles. The fourth-order valence-corrected chi connectivity index (χ4v) is 1.59. The predicted molar refractivity (Wildman–Crippen MR) is 59.0 cm³/mol. The highest BCUT2D eigenvalue weighted by molar-refractivity contribution is 5.39. The van der Waals surface area contributed by atoms with Gasteiger partial charge in [0.1, 0.15) is 5.56 Å². The predicted octanol–water partition coefficient (Wildman–Crippen LogP) is 1.38. The molecule has 0 amide bonds. The molecule has 0 fully saturated rings. The Morgan fingerprint density at radius 1 is 1.21 bits per heavy atom. The number of aromatic amines is 1. The Hall–Kier alpha value is -2.22. The number of nitrogens with one attached hydrogen (secondary N) is 1. The molecule has 1 heterocycles. The van der Waals surface area contributed by atoms with Gasteiger partial charge in [0.15, 0.2) is 0 Å². The molecule has 19 heavy (non-hydrogen) atoms. The Morgan fingerprint density at radius 3 is 2.21 bits per heavy atom. The maximum Gasteiger partial charge on any atom is 0.416 e. The molecule has 0 radical (unpaired) electrons. The summed E-state index contributed by atoms with van der Waals surface area (Å²) in [4.78, 5) is 11.3. The van der Waals surface area contributed by atoms with Gasteiger partial charge in [0.2, 0.25) is 5.88 Å². The van der Waals surface area contributed by atoms with Gasteiger partial charge < -0.3 is 10.2 Å². The van der Waals surface area contributed by atoms with E-state index >= 15 is 0 Å². The van der Waals surface area contributed by atoms with Crippen LogP contribution in [0.5, 0.6) is 5.88 Å². The standard InChI is InChI=1S/C11H9F3N2O3/c12-11(13,14)6-1-3-7(4-2-6)16-10(19)8(5-17)9(18)15-16/h1-4,17,19H,5H2,(H,15,18). The van der Waals surface area contributed by atoms with Crippen molar-refractivity contribution in [3.05, 3.63) is 45.7 Å². The summed E-state index contributed by atoms with van der Waals surface area (Å²) in [5.74, 6) is -0.535. The molecule has 0 spiro atoms. The number of benzene rings is 1. The quantitative estimate of drug-likeness (QED) is 0.774. The molecule has 0 atom stereocenters. The average molecular weight is 274 g/mol. The van der Waals surface area contributed by atoms with Crippen LogP contribution in [0, 0.1) is 0 Å². The molecule has 0 aliphatic carbocycles. The third-order valence-electron chi connectivity index (χ3n) is 2.58. The topological polar surface area (TPSA) is 78.2 Å². The minimum absolute atomic E-state index is 0.141. The number of halogens is 3. The lowest BCUT2D eigenvalue weighted by atomic mass is 10.2. The van der Waals surface area contributed by atoms with Crippen molar-refractivity contribution in [2.75, 3.05) is 0 Å². The van der Waals surface area contributed by atoms with Crippen LogP contribution < -0.4 is 5.56 Å². The van der Waals surface area contributed by atoms with Gasteiger partial charge in [-0.25, -0.2) is 4.68 Å². The Balaban J connectivity index is 2.46. The highest BCUT2D eigenvalue weighted by Crippen LogP contribution is 2.30. The van der Waals surface area contributed by atoms with Gasteiger partial charge in [-0.1, -0.05) is 0 Å². The molecule has 0 saturated carbocycles. The molecule has 2 aromatic rings. The number of aliphatic hydroxyl groups excluding tert-OH is 1. The maximum atomic E-state index is 12.4. The Kier molecular flexibility index (Phi) is 3.11. The monoisotopic (exact) mass is 274 g/mol. The van der Waals surface area contributed by atoms with Crippen LogP contribution in [0.4, 0.5) is 13.2 Å². The highest BCUT2D eigenvalue weighted by atomic mass is 19.4. The second-order valence-electron chi connectivity index (χ2n) is 3.78. The number of nitrogens with zero attached hydrogens (tertiary/aromatic N) is 1. The van der Waals surface area contributed by atoms with Gasteiger partial charge >= 0.3 is 6.18 Å². The largest absolute Gasteiger partial charge is 0.493 e. The minimum Gasteiger partial charge on any atom is -0.493 e. The lowest BCUT2D eigenvalue weighted by molar-refractivity contribution is -0.137. The second-order valence-corrected chi connectivity index (χ2v) is 3.78. The zero-order valence-corrected chi connectivity index (χ0v) is 9.40. The van der Waals surface area contributed by atoms with Crippen molar-refractivity contribution in [3.63, 3.8) is 0 Å². The molecular weight excluding hydrogens is 265 g/mol. The molecule has 0 saturated heterocycles. The molecule has 2 rings (SSSR count). The van der Waals surface area contributed by atoms with Crippen LogP contribution in [0.25, 0.3) is 5.69 Å². The average Bonchev–Trinajstić information content (AvgIpc) is 2.63. The van der Waals surface area contributed by atoms with E-state index in [1.165, 1.54) is 0 Å². The number of aromatic hydroxyl groups is 1. The van der Waals surface area contributed by atoms with E-state index in [1.54, 1.807) is 0 Å². The van der Waals surface area contributed by atoms with Crippen molar-refractivity contribution >= 4 is 0 Å². The van der Waals surface area contributed by atoms with E-state index < -0.39 is 29.8 Å². The molecule has 8 heteroatoms. The Bertz CT molecular complexity index is 641. The normalized spacial score (nSPS) is 11.8. The fourth-order valence-electron chi connectivity index (χ4n) is 1.59. The number of hydrogen-bond acceptors (Lipinski definition) is 3. The van der Waals surface area contributed by atoms with Crippen molar-refractivity contribution < 1.29 is 23.4 Å². The third-order valence-corrected chi connectivity index (χ3v) is 2.58. The number of H-pyrrole nitrogens is 1. The summed E-state index contributed by atoms with van der Waals surface area (Å²) in [7, 11) is 0. The van der Waals surface area contributed by atoms with Gasteiger partial charge in [-0.15, -0.1) is 0 Å². The number of aliphatic hydroxyl groups is 1. The van der Waals surface area contributed by atoms with Gasteiger partial charge in [0.05, 0.1) is 17.9 Å². The van der Waals surface area contributed by atoms with Crippen molar-refractivity contribution in [1.29, 1.82) is 0 Å². The fraction of sp³-hybridized carbons (Fsp3) is 0.182. The summed E-state index contributed by atoms with van der Waals surface area (Å²) in [6.45, 7) is -0.672. The molecule has 0 aliphatic heterocycles. The van der Waals surface area contributed by atoms with Gasteiger partial charge in [-0.2, -0.15) is 13.2 Å². The smallest absolute Gasteiger partial charge is 0.416 e. The van der Waals surface area contributed by atoms with Crippen LogP contribution in [0.15, 0.2) is 29.1 Å².